The van der Waals surface area contributed by atoms with Crippen LogP contribution in [-0.2, 0) is 0 Å². The topological polar surface area (TPSA) is 59.1 Å². The van der Waals surface area contributed by atoms with Crippen LogP contribution in [-0.4, -0.2) is 23.6 Å². The minimum absolute atomic E-state index is 0.00542. The molecule has 2 rings (SSSR count). The van der Waals surface area contributed by atoms with Crippen molar-refractivity contribution >= 4 is 17.3 Å². The van der Waals surface area contributed by atoms with Gasteiger partial charge in [-0.3, -0.25) is 0 Å². The summed E-state index contributed by atoms with van der Waals surface area (Å²) in [5.74, 6) is -3.20. The van der Waals surface area contributed by atoms with Gasteiger partial charge in [0.1, 0.15) is 6.33 Å². The molecule has 21 heavy (non-hydrogen) atoms. The lowest BCUT2D eigenvalue weighted by atomic mass is 10.3. The molecule has 0 spiro atoms. The lowest BCUT2D eigenvalue weighted by molar-refractivity contribution is 0.415. The van der Waals surface area contributed by atoms with Gasteiger partial charge in [-0.05, 0) is 6.92 Å². The van der Waals surface area contributed by atoms with Crippen molar-refractivity contribution in [3.63, 3.8) is 0 Å². The smallest absolute Gasteiger partial charge is 0.204 e. The second-order valence-corrected chi connectivity index (χ2v) is 4.01. The van der Waals surface area contributed by atoms with Crippen LogP contribution in [0.1, 0.15) is 6.92 Å². The molecule has 0 atom stereocenters. The van der Waals surface area contributed by atoms with Gasteiger partial charge in [-0.2, -0.15) is 0 Å². The van der Waals surface area contributed by atoms with Gasteiger partial charge in [0.2, 0.25) is 5.75 Å². The molecule has 1 aromatic heterocycles. The van der Waals surface area contributed by atoms with Gasteiger partial charge in [0.25, 0.3) is 0 Å². The molecular weight excluding hydrogens is 285 g/mol. The van der Waals surface area contributed by atoms with E-state index in [2.05, 4.69) is 20.6 Å². The molecule has 1 aromatic carbocycles. The second-order valence-electron chi connectivity index (χ2n) is 4.01. The number of hydrogen-bond donors (Lipinski definition) is 2. The number of nitrogens with one attached hydrogen (secondary N) is 2. The fraction of sp³-hybridized carbons (Fsp3) is 0.231. The first-order valence-corrected chi connectivity index (χ1v) is 6.11. The third kappa shape index (κ3) is 3.15. The van der Waals surface area contributed by atoms with Crippen molar-refractivity contribution in [1.82, 2.24) is 9.97 Å². The number of rotatable bonds is 5. The number of anilines is 3. The Balaban J connectivity index is 2.37. The van der Waals surface area contributed by atoms with E-state index >= 15 is 0 Å². The zero-order chi connectivity index (χ0) is 15.4. The van der Waals surface area contributed by atoms with Crippen LogP contribution in [0.25, 0.3) is 0 Å². The molecule has 2 N–H and O–H groups in total. The van der Waals surface area contributed by atoms with Crippen LogP contribution in [0, 0.1) is 17.5 Å². The molecule has 0 radical (unpaired) electrons. The first kappa shape index (κ1) is 14.9. The number of hydrogen-bond acceptors (Lipinski definition) is 5. The van der Waals surface area contributed by atoms with E-state index in [0.29, 0.717) is 12.4 Å². The summed E-state index contributed by atoms with van der Waals surface area (Å²) in [5, 5.41) is 5.63. The Kier molecular flexibility index (Phi) is 4.46. The van der Waals surface area contributed by atoms with E-state index in [-0.39, 0.29) is 17.3 Å². The van der Waals surface area contributed by atoms with Crippen molar-refractivity contribution in [3.8, 4) is 5.75 Å². The lowest BCUT2D eigenvalue weighted by Gasteiger charge is -2.13. The first-order chi connectivity index (χ1) is 10.1. The standard InChI is InChI=1S/C13H13F3N4O/c1-3-17-12-11(21-2)13(19-6-18-12)20-7-4-8(14)10(16)9(15)5-7/h4-6H,3H2,1-2H3,(H2,17,18,19,20). The summed E-state index contributed by atoms with van der Waals surface area (Å²) in [6, 6.07) is 1.65. The van der Waals surface area contributed by atoms with Crippen molar-refractivity contribution in [3.05, 3.63) is 35.9 Å². The quantitative estimate of drug-likeness (QED) is 0.831. The van der Waals surface area contributed by atoms with Gasteiger partial charge in [-0.1, -0.05) is 0 Å². The fourth-order valence-electron chi connectivity index (χ4n) is 1.71. The van der Waals surface area contributed by atoms with Crippen LogP contribution in [0.5, 0.6) is 5.75 Å². The Hall–Kier alpha value is -2.51. The largest absolute Gasteiger partial charge is 0.490 e. The van der Waals surface area contributed by atoms with E-state index in [1.165, 1.54) is 13.4 Å². The zero-order valence-electron chi connectivity index (χ0n) is 11.4. The van der Waals surface area contributed by atoms with Gasteiger partial charge < -0.3 is 15.4 Å². The van der Waals surface area contributed by atoms with Gasteiger partial charge in [-0.15, -0.1) is 0 Å². The average molecular weight is 298 g/mol. The molecule has 0 amide bonds. The molecule has 0 bridgehead atoms. The Bertz CT molecular complexity index is 628. The number of nitrogens with zero attached hydrogens (tertiary/aromatic N) is 2. The van der Waals surface area contributed by atoms with Crippen molar-refractivity contribution in [1.29, 1.82) is 0 Å². The van der Waals surface area contributed by atoms with E-state index < -0.39 is 17.5 Å². The molecule has 112 valence electrons. The van der Waals surface area contributed by atoms with Crippen LogP contribution in [0.3, 0.4) is 0 Å². The van der Waals surface area contributed by atoms with E-state index in [0.717, 1.165) is 12.1 Å². The monoisotopic (exact) mass is 298 g/mol. The SMILES string of the molecule is CCNc1ncnc(Nc2cc(F)c(F)c(F)c2)c1OC. The summed E-state index contributed by atoms with van der Waals surface area (Å²) < 4.78 is 44.5. The molecule has 1 heterocycles. The number of ether oxygens (including phenoxy) is 1. The average Bonchev–Trinajstić information content (AvgIpc) is 2.45. The highest BCUT2D eigenvalue weighted by atomic mass is 19.2. The van der Waals surface area contributed by atoms with E-state index in [1.807, 2.05) is 6.92 Å². The maximum atomic E-state index is 13.2. The van der Waals surface area contributed by atoms with Gasteiger partial charge in [-0.25, -0.2) is 23.1 Å². The van der Waals surface area contributed by atoms with Crippen molar-refractivity contribution < 1.29 is 17.9 Å². The van der Waals surface area contributed by atoms with Gasteiger partial charge >= 0.3 is 0 Å². The Labute approximate surface area is 119 Å². The molecule has 2 aromatic rings. The highest BCUT2D eigenvalue weighted by Gasteiger charge is 2.15. The summed E-state index contributed by atoms with van der Waals surface area (Å²) in [5.41, 5.74) is 0.00542. The highest BCUT2D eigenvalue weighted by Crippen LogP contribution is 2.31. The van der Waals surface area contributed by atoms with Crippen LogP contribution in [0.4, 0.5) is 30.5 Å². The van der Waals surface area contributed by atoms with E-state index in [9.17, 15) is 13.2 Å². The lowest BCUT2D eigenvalue weighted by Crippen LogP contribution is -2.06. The molecule has 0 saturated heterocycles. The maximum absolute atomic E-state index is 13.2. The normalized spacial score (nSPS) is 10.3. The summed E-state index contributed by atoms with van der Waals surface area (Å²) in [6.07, 6.45) is 1.26. The van der Waals surface area contributed by atoms with Gasteiger partial charge in [0.15, 0.2) is 29.1 Å². The summed E-state index contributed by atoms with van der Waals surface area (Å²) in [7, 11) is 1.41. The minimum atomic E-state index is -1.52. The third-order valence-corrected chi connectivity index (χ3v) is 2.60. The second kappa shape index (κ2) is 6.29. The number of benzene rings is 1. The number of aromatic nitrogens is 2. The highest BCUT2D eigenvalue weighted by molar-refractivity contribution is 5.69. The predicted molar refractivity (Wildman–Crippen MR) is 72.3 cm³/mol. The summed E-state index contributed by atoms with van der Waals surface area (Å²) in [6.45, 7) is 2.48. The molecule has 8 heteroatoms. The van der Waals surface area contributed by atoms with E-state index in [4.69, 9.17) is 4.74 Å². The van der Waals surface area contributed by atoms with Crippen molar-refractivity contribution in [2.45, 2.75) is 6.92 Å². The molecule has 0 aliphatic rings. The molecular formula is C13H13F3N4O. The molecule has 5 nitrogen and oxygen atoms in total. The van der Waals surface area contributed by atoms with Gasteiger partial charge in [0.05, 0.1) is 7.11 Å². The Morgan fingerprint density at radius 3 is 2.29 bits per heavy atom. The molecule has 0 aliphatic carbocycles. The fourth-order valence-corrected chi connectivity index (χ4v) is 1.71. The Morgan fingerprint density at radius 2 is 1.71 bits per heavy atom. The summed E-state index contributed by atoms with van der Waals surface area (Å²) >= 11 is 0. The van der Waals surface area contributed by atoms with Crippen LogP contribution < -0.4 is 15.4 Å². The molecule has 0 saturated carbocycles. The molecule has 0 aliphatic heterocycles. The molecule has 0 fully saturated rings. The van der Waals surface area contributed by atoms with Crippen LogP contribution in [0.15, 0.2) is 18.5 Å². The first-order valence-electron chi connectivity index (χ1n) is 6.11. The minimum Gasteiger partial charge on any atom is -0.490 e. The van der Waals surface area contributed by atoms with Crippen LogP contribution in [0.2, 0.25) is 0 Å². The van der Waals surface area contributed by atoms with Crippen molar-refractivity contribution in [2.24, 2.45) is 0 Å². The number of halogens is 3. The summed E-state index contributed by atoms with van der Waals surface area (Å²) in [4.78, 5) is 7.94. The number of methoxy groups -OCH3 is 1. The molecule has 0 unspecified atom stereocenters. The predicted octanol–water partition coefficient (Wildman–Crippen LogP) is 3.08. The Morgan fingerprint density at radius 1 is 1.10 bits per heavy atom. The van der Waals surface area contributed by atoms with Crippen LogP contribution >= 0.6 is 0 Å². The van der Waals surface area contributed by atoms with E-state index in [1.54, 1.807) is 0 Å². The third-order valence-electron chi connectivity index (χ3n) is 2.60. The van der Waals surface area contributed by atoms with Gasteiger partial charge in [0, 0.05) is 24.4 Å². The maximum Gasteiger partial charge on any atom is 0.204 e. The van der Waals surface area contributed by atoms with Crippen molar-refractivity contribution in [2.75, 3.05) is 24.3 Å². The zero-order valence-corrected chi connectivity index (χ0v) is 11.4.